The zero-order valence-corrected chi connectivity index (χ0v) is 26.4. The molecule has 6 rings (SSSR count). The number of nitrogens with one attached hydrogen (secondary N) is 3. The number of para-hydroxylation sites is 2. The van der Waals surface area contributed by atoms with Crippen LogP contribution in [0.3, 0.4) is 0 Å². The van der Waals surface area contributed by atoms with Crippen molar-refractivity contribution >= 4 is 51.5 Å². The van der Waals surface area contributed by atoms with Gasteiger partial charge < -0.3 is 43.5 Å². The van der Waals surface area contributed by atoms with E-state index in [4.69, 9.17) is 28.4 Å². The van der Waals surface area contributed by atoms with Crippen LogP contribution in [0, 0.1) is 0 Å². The molecule has 5 aromatic rings. The lowest BCUT2D eigenvalue weighted by molar-refractivity contribution is -0.291. The number of benzene rings is 3. The maximum absolute atomic E-state index is 13.6. The van der Waals surface area contributed by atoms with Crippen molar-refractivity contribution in [2.75, 3.05) is 25.6 Å². The third kappa shape index (κ3) is 7.26. The largest absolute Gasteiger partial charge is 0.462 e. The van der Waals surface area contributed by atoms with Crippen molar-refractivity contribution < 1.29 is 52.7 Å². The van der Waals surface area contributed by atoms with Crippen molar-refractivity contribution in [1.82, 2.24) is 9.97 Å². The third-order valence-electron chi connectivity index (χ3n) is 7.88. The number of anilines is 1. The number of carbonyl (C=O) groups is 4. The summed E-state index contributed by atoms with van der Waals surface area (Å²) in [5, 5.41) is 14.3. The van der Waals surface area contributed by atoms with E-state index in [0.717, 1.165) is 10.8 Å². The molecule has 1 aliphatic heterocycles. The predicted molar refractivity (Wildman–Crippen MR) is 174 cm³/mol. The number of hydrogen-bond acceptors (Lipinski definition) is 11. The molecule has 49 heavy (non-hydrogen) atoms. The number of methoxy groups -OCH3 is 1. The number of amides is 1. The molecule has 5 atom stereocenters. The Hall–Kier alpha value is -5.70. The van der Waals surface area contributed by atoms with Gasteiger partial charge in [-0.05, 0) is 55.5 Å². The van der Waals surface area contributed by atoms with Crippen LogP contribution in [0.25, 0.3) is 21.8 Å². The second-order valence-corrected chi connectivity index (χ2v) is 11.0. The SMILES string of the molecule is CCOC(=O)c1ccc(NC(=O)O[C@H]2[C@H](OC(=O)c3cc4ccccc4[nH]3)[C@H](OC(=O)c3cc4ccccc4[nH]3)[C@@H](OC)O[C@@H]2CO)cc1. The van der Waals surface area contributed by atoms with Crippen LogP contribution in [-0.4, -0.2) is 90.1 Å². The second kappa shape index (κ2) is 14.6. The quantitative estimate of drug-likeness (QED) is 0.120. The normalized spacial score (nSPS) is 20.4. The monoisotopic (exact) mass is 671 g/mol. The van der Waals surface area contributed by atoms with Crippen LogP contribution < -0.4 is 5.32 Å². The Kier molecular flexibility index (Phi) is 9.89. The van der Waals surface area contributed by atoms with Crippen LogP contribution in [0.15, 0.2) is 84.9 Å². The smallest absolute Gasteiger partial charge is 0.412 e. The van der Waals surface area contributed by atoms with Crippen LogP contribution >= 0.6 is 0 Å². The topological polar surface area (TPSA) is 187 Å². The lowest BCUT2D eigenvalue weighted by Gasteiger charge is -2.43. The fourth-order valence-corrected chi connectivity index (χ4v) is 5.53. The van der Waals surface area contributed by atoms with E-state index in [1.165, 1.54) is 31.4 Å². The fraction of sp³-hybridized carbons (Fsp3) is 0.257. The van der Waals surface area contributed by atoms with E-state index in [0.29, 0.717) is 11.0 Å². The maximum Gasteiger partial charge on any atom is 0.412 e. The van der Waals surface area contributed by atoms with Gasteiger partial charge in [0.05, 0.1) is 18.8 Å². The highest BCUT2D eigenvalue weighted by molar-refractivity contribution is 5.96. The molecule has 2 aromatic heterocycles. The molecule has 1 fully saturated rings. The molecule has 0 saturated carbocycles. The first-order valence-electron chi connectivity index (χ1n) is 15.4. The van der Waals surface area contributed by atoms with E-state index in [1.54, 1.807) is 49.4 Å². The molecule has 0 bridgehead atoms. The van der Waals surface area contributed by atoms with Crippen LogP contribution in [-0.2, 0) is 28.4 Å². The lowest BCUT2D eigenvalue weighted by Crippen LogP contribution is -2.63. The van der Waals surface area contributed by atoms with Gasteiger partial charge in [0.25, 0.3) is 0 Å². The molecule has 14 heteroatoms. The van der Waals surface area contributed by atoms with Gasteiger partial charge in [0.2, 0.25) is 0 Å². The van der Waals surface area contributed by atoms with Crippen LogP contribution in [0.4, 0.5) is 10.5 Å². The molecule has 4 N–H and O–H groups in total. The van der Waals surface area contributed by atoms with Crippen LogP contribution in [0.2, 0.25) is 0 Å². The highest BCUT2D eigenvalue weighted by atomic mass is 16.7. The summed E-state index contributed by atoms with van der Waals surface area (Å²) in [6.07, 6.45) is -8.13. The zero-order chi connectivity index (χ0) is 34.5. The van der Waals surface area contributed by atoms with Crippen molar-refractivity contribution in [3.05, 3.63) is 102 Å². The van der Waals surface area contributed by atoms with E-state index in [1.807, 2.05) is 18.2 Å². The number of hydrogen-bond donors (Lipinski definition) is 4. The molecule has 0 aliphatic carbocycles. The van der Waals surface area contributed by atoms with Gasteiger partial charge in [-0.3, -0.25) is 5.32 Å². The number of carbonyl (C=O) groups excluding carboxylic acids is 4. The number of aromatic amines is 2. The number of fused-ring (bicyclic) bond motifs is 2. The first kappa shape index (κ1) is 33.2. The molecule has 0 radical (unpaired) electrons. The molecule has 0 unspecified atom stereocenters. The summed E-state index contributed by atoms with van der Waals surface area (Å²) < 4.78 is 33.8. The first-order chi connectivity index (χ1) is 23.8. The Morgan fingerprint density at radius 3 is 1.86 bits per heavy atom. The summed E-state index contributed by atoms with van der Waals surface area (Å²) in [4.78, 5) is 58.3. The summed E-state index contributed by atoms with van der Waals surface area (Å²) in [5.41, 5.74) is 2.07. The summed E-state index contributed by atoms with van der Waals surface area (Å²) in [6.45, 7) is 1.20. The Bertz CT molecular complexity index is 1900. The Labute approximate surface area is 279 Å². The number of ether oxygens (including phenoxy) is 6. The maximum atomic E-state index is 13.6. The minimum Gasteiger partial charge on any atom is -0.462 e. The van der Waals surface area contributed by atoms with Gasteiger partial charge in [-0.25, -0.2) is 19.2 Å². The van der Waals surface area contributed by atoms with Gasteiger partial charge in [-0.15, -0.1) is 0 Å². The highest BCUT2D eigenvalue weighted by Gasteiger charge is 2.53. The van der Waals surface area contributed by atoms with Crippen LogP contribution in [0.5, 0.6) is 0 Å². The molecule has 254 valence electrons. The van der Waals surface area contributed by atoms with Crippen molar-refractivity contribution in [2.24, 2.45) is 0 Å². The molecule has 1 saturated heterocycles. The number of aliphatic hydroxyl groups is 1. The molecular weight excluding hydrogens is 638 g/mol. The summed E-state index contributed by atoms with van der Waals surface area (Å²) >= 11 is 0. The highest BCUT2D eigenvalue weighted by Crippen LogP contribution is 2.31. The van der Waals surface area contributed by atoms with Gasteiger partial charge in [-0.1, -0.05) is 36.4 Å². The molecule has 3 aromatic carbocycles. The molecule has 0 spiro atoms. The first-order valence-corrected chi connectivity index (χ1v) is 15.4. The number of aliphatic hydroxyl groups excluding tert-OH is 1. The third-order valence-corrected chi connectivity index (χ3v) is 7.88. The van der Waals surface area contributed by atoms with Crippen LogP contribution in [0.1, 0.15) is 38.3 Å². The number of rotatable bonds is 10. The fourth-order valence-electron chi connectivity index (χ4n) is 5.53. The van der Waals surface area contributed by atoms with Crippen molar-refractivity contribution in [3.63, 3.8) is 0 Å². The van der Waals surface area contributed by atoms with E-state index < -0.39 is 61.3 Å². The summed E-state index contributed by atoms with van der Waals surface area (Å²) in [5.74, 6) is -2.21. The Morgan fingerprint density at radius 1 is 0.755 bits per heavy atom. The van der Waals surface area contributed by atoms with E-state index in [2.05, 4.69) is 15.3 Å². The number of esters is 3. The van der Waals surface area contributed by atoms with Crippen molar-refractivity contribution in [3.8, 4) is 0 Å². The lowest BCUT2D eigenvalue weighted by atomic mass is 9.98. The Morgan fingerprint density at radius 2 is 1.33 bits per heavy atom. The molecule has 1 amide bonds. The Balaban J connectivity index is 1.29. The van der Waals surface area contributed by atoms with Gasteiger partial charge in [0.15, 0.2) is 24.6 Å². The summed E-state index contributed by atoms with van der Waals surface area (Å²) in [7, 11) is 1.29. The van der Waals surface area contributed by atoms with Gasteiger partial charge in [-0.2, -0.15) is 0 Å². The standard InChI is InChI=1S/C35H33N3O11/c1-3-45-31(40)19-12-14-22(15-13-19)36-35(43)49-28-27(18-39)46-34(44-2)30(48-33(42)26-17-21-9-5-7-11-24(21)38-26)29(28)47-32(41)25-16-20-8-4-6-10-23(20)37-25/h4-17,27-30,34,37-39H,3,18H2,1-2H3,(H,36,43)/t27-,28-,29+,30+,34+/m1/s1. The average Bonchev–Trinajstić information content (AvgIpc) is 3.75. The van der Waals surface area contributed by atoms with E-state index in [-0.39, 0.29) is 29.2 Å². The second-order valence-electron chi connectivity index (χ2n) is 11.0. The number of aromatic nitrogens is 2. The average molecular weight is 672 g/mol. The van der Waals surface area contributed by atoms with Gasteiger partial charge in [0, 0.05) is 34.6 Å². The minimum atomic E-state index is -1.53. The van der Waals surface area contributed by atoms with Gasteiger partial charge in [0.1, 0.15) is 17.5 Å². The molecular formula is C35H33N3O11. The van der Waals surface area contributed by atoms with Crippen molar-refractivity contribution in [2.45, 2.75) is 37.6 Å². The summed E-state index contributed by atoms with van der Waals surface area (Å²) in [6, 6.07) is 23.5. The number of H-pyrrole nitrogens is 2. The van der Waals surface area contributed by atoms with Gasteiger partial charge >= 0.3 is 24.0 Å². The molecule has 14 nitrogen and oxygen atoms in total. The minimum absolute atomic E-state index is 0.0767. The predicted octanol–water partition coefficient (Wildman–Crippen LogP) is 4.56. The van der Waals surface area contributed by atoms with E-state index >= 15 is 0 Å². The zero-order valence-electron chi connectivity index (χ0n) is 26.4. The molecule has 3 heterocycles. The molecule has 1 aliphatic rings. The van der Waals surface area contributed by atoms with Crippen molar-refractivity contribution in [1.29, 1.82) is 0 Å². The van der Waals surface area contributed by atoms with E-state index in [9.17, 15) is 24.3 Å².